The molecule has 0 saturated carbocycles. The van der Waals surface area contributed by atoms with E-state index in [0.29, 0.717) is 5.69 Å². The van der Waals surface area contributed by atoms with E-state index < -0.39 is 0 Å². The third-order valence-corrected chi connectivity index (χ3v) is 2.95. The lowest BCUT2D eigenvalue weighted by atomic mass is 10.2. The molecule has 0 saturated heterocycles. The summed E-state index contributed by atoms with van der Waals surface area (Å²) in [6, 6.07) is 11.0. The summed E-state index contributed by atoms with van der Waals surface area (Å²) in [6.45, 7) is 0. The fourth-order valence-corrected chi connectivity index (χ4v) is 1.97. The fourth-order valence-electron chi connectivity index (χ4n) is 1.97. The predicted molar refractivity (Wildman–Crippen MR) is 79.1 cm³/mol. The average Bonchev–Trinajstić information content (AvgIpc) is 2.73. The zero-order valence-corrected chi connectivity index (χ0v) is 10.7. The minimum absolute atomic E-state index is 0.214. The van der Waals surface area contributed by atoms with E-state index in [0.717, 1.165) is 16.1 Å². The molecule has 4 nitrogen and oxygen atoms in total. The van der Waals surface area contributed by atoms with Gasteiger partial charge in [-0.05, 0) is 40.8 Å². The highest BCUT2D eigenvalue weighted by Crippen LogP contribution is 2.04. The van der Waals surface area contributed by atoms with Crippen LogP contribution in [0.2, 0.25) is 0 Å². The zero-order chi connectivity index (χ0) is 13.8. The molecule has 98 valence electrons. The number of nitrogens with zero attached hydrogens (tertiary/aromatic N) is 1. The van der Waals surface area contributed by atoms with Gasteiger partial charge in [-0.2, -0.15) is 0 Å². The van der Waals surface area contributed by atoms with Gasteiger partial charge in [0.1, 0.15) is 5.69 Å². The summed E-state index contributed by atoms with van der Waals surface area (Å²) in [5, 5.41) is 8.02. The number of rotatable bonds is 2. The second-order valence-electron chi connectivity index (χ2n) is 4.35. The Labute approximate surface area is 116 Å². The molecular weight excluding hydrogens is 250 g/mol. The molecule has 0 aliphatic carbocycles. The molecule has 0 unspecified atom stereocenters. The van der Waals surface area contributed by atoms with Crippen molar-refractivity contribution in [2.24, 2.45) is 0 Å². The van der Waals surface area contributed by atoms with Gasteiger partial charge < -0.3 is 10.6 Å². The van der Waals surface area contributed by atoms with Gasteiger partial charge in [-0.15, -0.1) is 0 Å². The highest BCUT2D eigenvalue weighted by Gasteiger charge is 2.06. The van der Waals surface area contributed by atoms with Crippen molar-refractivity contribution < 1.29 is 4.79 Å². The number of pyridine rings is 1. The number of carbonyl (C=O) groups is 1. The lowest BCUT2D eigenvalue weighted by Gasteiger charge is -2.04. The first-order valence-corrected chi connectivity index (χ1v) is 6.28. The topological polar surface area (TPSA) is 54.0 Å². The molecule has 1 aliphatic rings. The van der Waals surface area contributed by atoms with Crippen LogP contribution in [-0.4, -0.2) is 10.9 Å². The van der Waals surface area contributed by atoms with E-state index in [2.05, 4.69) is 15.6 Å². The van der Waals surface area contributed by atoms with Gasteiger partial charge in [0.05, 0.1) is 0 Å². The number of aromatic nitrogens is 1. The van der Waals surface area contributed by atoms with Gasteiger partial charge >= 0.3 is 0 Å². The molecule has 1 amide bonds. The van der Waals surface area contributed by atoms with Crippen LogP contribution in [-0.2, 0) is 0 Å². The number of allylic oxidation sites excluding steroid dienone is 1. The molecule has 20 heavy (non-hydrogen) atoms. The average molecular weight is 263 g/mol. The van der Waals surface area contributed by atoms with Crippen molar-refractivity contribution in [1.29, 1.82) is 0 Å². The van der Waals surface area contributed by atoms with Crippen LogP contribution in [0.15, 0.2) is 54.9 Å². The Morgan fingerprint density at radius 1 is 1.15 bits per heavy atom. The zero-order valence-electron chi connectivity index (χ0n) is 10.7. The predicted octanol–water partition coefficient (Wildman–Crippen LogP) is 0.969. The lowest BCUT2D eigenvalue weighted by molar-refractivity contribution is 0.102. The minimum Gasteiger partial charge on any atom is -0.367 e. The molecule has 0 fully saturated rings. The minimum atomic E-state index is -0.214. The van der Waals surface area contributed by atoms with E-state index >= 15 is 0 Å². The van der Waals surface area contributed by atoms with E-state index in [-0.39, 0.29) is 5.91 Å². The number of carbonyl (C=O) groups excluding carboxylic acids is 1. The lowest BCUT2D eigenvalue weighted by Crippen LogP contribution is -2.26. The van der Waals surface area contributed by atoms with Crippen molar-refractivity contribution in [1.82, 2.24) is 10.3 Å². The number of amides is 1. The molecule has 3 rings (SSSR count). The molecule has 0 radical (unpaired) electrons. The highest BCUT2D eigenvalue weighted by atomic mass is 16.1. The summed E-state index contributed by atoms with van der Waals surface area (Å²) in [5.41, 5.74) is 1.14. The largest absolute Gasteiger partial charge is 0.367 e. The van der Waals surface area contributed by atoms with Crippen LogP contribution >= 0.6 is 0 Å². The second-order valence-corrected chi connectivity index (χ2v) is 4.35. The van der Waals surface area contributed by atoms with Gasteiger partial charge in [0, 0.05) is 24.3 Å². The molecular formula is C16H13N3O. The van der Waals surface area contributed by atoms with Gasteiger partial charge in [0.2, 0.25) is 0 Å². The smallest absolute Gasteiger partial charge is 0.274 e. The third-order valence-electron chi connectivity index (χ3n) is 2.95. The van der Waals surface area contributed by atoms with E-state index in [1.54, 1.807) is 24.4 Å². The molecule has 2 aromatic rings. The summed E-state index contributed by atoms with van der Waals surface area (Å²) < 4.78 is 0. The number of hydrogen-bond acceptors (Lipinski definition) is 3. The Kier molecular flexibility index (Phi) is 3.29. The highest BCUT2D eigenvalue weighted by molar-refractivity contribution is 6.02. The van der Waals surface area contributed by atoms with E-state index in [9.17, 15) is 4.79 Å². The van der Waals surface area contributed by atoms with Crippen LogP contribution < -0.4 is 21.1 Å². The van der Waals surface area contributed by atoms with Crippen molar-refractivity contribution in [3.05, 3.63) is 71.0 Å². The molecule has 0 spiro atoms. The van der Waals surface area contributed by atoms with Gasteiger partial charge in [-0.1, -0.05) is 18.2 Å². The SMILES string of the molecule is O=C(Nc1ccc2c(c1)=CNC=CC=2)c1ccccn1. The molecule has 0 atom stereocenters. The quantitative estimate of drug-likeness (QED) is 0.849. The molecule has 4 heteroatoms. The van der Waals surface area contributed by atoms with Crippen LogP contribution in [0, 0.1) is 0 Å². The van der Waals surface area contributed by atoms with E-state index in [1.165, 1.54) is 0 Å². The fraction of sp³-hybridized carbons (Fsp3) is 0. The normalized spacial score (nSPS) is 12.2. The van der Waals surface area contributed by atoms with Crippen LogP contribution in [0.25, 0.3) is 12.3 Å². The van der Waals surface area contributed by atoms with Gasteiger partial charge in [-0.3, -0.25) is 9.78 Å². The Balaban J connectivity index is 1.89. The third kappa shape index (κ3) is 2.59. The molecule has 2 N–H and O–H groups in total. The van der Waals surface area contributed by atoms with Gasteiger partial charge in [-0.25, -0.2) is 0 Å². The van der Waals surface area contributed by atoms with Crippen LogP contribution in [0.1, 0.15) is 10.5 Å². The van der Waals surface area contributed by atoms with E-state index in [1.807, 2.05) is 42.8 Å². The maximum Gasteiger partial charge on any atom is 0.274 e. The number of hydrogen-bond donors (Lipinski definition) is 2. The van der Waals surface area contributed by atoms with Gasteiger partial charge in [0.15, 0.2) is 0 Å². The van der Waals surface area contributed by atoms with Gasteiger partial charge in [0.25, 0.3) is 5.91 Å². The summed E-state index contributed by atoms with van der Waals surface area (Å²) in [6.07, 6.45) is 9.30. The Morgan fingerprint density at radius 3 is 2.95 bits per heavy atom. The Hall–Kier alpha value is -2.88. The first-order valence-electron chi connectivity index (χ1n) is 6.28. The number of nitrogens with one attached hydrogen (secondary N) is 2. The standard InChI is InChI=1S/C16H13N3O/c20-16(15-5-1-2-9-18-15)19-14-7-6-12-4-3-8-17-11-13(12)10-14/h1-11,17H,(H,19,20). The molecule has 1 aliphatic heterocycles. The Bertz CT molecular complexity index is 779. The molecule has 2 heterocycles. The Morgan fingerprint density at radius 2 is 2.10 bits per heavy atom. The van der Waals surface area contributed by atoms with Crippen LogP contribution in [0.3, 0.4) is 0 Å². The summed E-state index contributed by atoms with van der Waals surface area (Å²) in [5.74, 6) is -0.214. The first-order chi connectivity index (χ1) is 9.83. The summed E-state index contributed by atoms with van der Waals surface area (Å²) >= 11 is 0. The van der Waals surface area contributed by atoms with Crippen LogP contribution in [0.4, 0.5) is 5.69 Å². The van der Waals surface area contributed by atoms with Crippen molar-refractivity contribution in [2.45, 2.75) is 0 Å². The second kappa shape index (κ2) is 5.40. The number of fused-ring (bicyclic) bond motifs is 1. The summed E-state index contributed by atoms with van der Waals surface area (Å²) in [7, 11) is 0. The van der Waals surface area contributed by atoms with Crippen molar-refractivity contribution in [2.75, 3.05) is 5.32 Å². The molecule has 1 aromatic carbocycles. The van der Waals surface area contributed by atoms with E-state index in [4.69, 9.17) is 0 Å². The van der Waals surface area contributed by atoms with Crippen molar-refractivity contribution >= 4 is 23.9 Å². The molecule has 0 bridgehead atoms. The molecule has 1 aromatic heterocycles. The maximum atomic E-state index is 12.0. The number of benzene rings is 1. The van der Waals surface area contributed by atoms with Crippen molar-refractivity contribution in [3.8, 4) is 0 Å². The maximum absolute atomic E-state index is 12.0. The van der Waals surface area contributed by atoms with Crippen molar-refractivity contribution in [3.63, 3.8) is 0 Å². The summed E-state index contributed by atoms with van der Waals surface area (Å²) in [4.78, 5) is 16.1. The monoisotopic (exact) mass is 263 g/mol. The first kappa shape index (κ1) is 12.2. The van der Waals surface area contributed by atoms with Crippen LogP contribution in [0.5, 0.6) is 0 Å². The number of anilines is 1.